The monoisotopic (exact) mass is 298 g/mol. The zero-order valence-corrected chi connectivity index (χ0v) is 12.9. The molecule has 1 rings (SSSR count). The fourth-order valence-electron chi connectivity index (χ4n) is 2.11. The molecule has 0 radical (unpaired) electrons. The molecule has 0 aliphatic heterocycles. The summed E-state index contributed by atoms with van der Waals surface area (Å²) >= 11 is 0. The molecule has 2 unspecified atom stereocenters. The van der Waals surface area contributed by atoms with E-state index in [0.29, 0.717) is 0 Å². The third-order valence-corrected chi connectivity index (χ3v) is 4.15. The first-order valence-corrected chi connectivity index (χ1v) is 8.14. The summed E-state index contributed by atoms with van der Waals surface area (Å²) in [4.78, 5) is 0. The van der Waals surface area contributed by atoms with E-state index in [-0.39, 0.29) is 18.3 Å². The molecule has 0 heterocycles. The number of allylic oxidation sites excluding steroid dienone is 1. The first-order valence-electron chi connectivity index (χ1n) is 6.64. The van der Waals surface area contributed by atoms with Gasteiger partial charge in [-0.2, -0.15) is 8.42 Å². The molecule has 0 saturated heterocycles. The van der Waals surface area contributed by atoms with E-state index < -0.39 is 15.6 Å². The van der Waals surface area contributed by atoms with Gasteiger partial charge in [0.1, 0.15) is 0 Å². The summed E-state index contributed by atoms with van der Waals surface area (Å²) in [7, 11) is -4.25. The van der Waals surface area contributed by atoms with Crippen LogP contribution in [0.5, 0.6) is 0 Å². The van der Waals surface area contributed by atoms with Crippen LogP contribution in [-0.2, 0) is 14.9 Å². The van der Waals surface area contributed by atoms with Crippen molar-refractivity contribution < 1.29 is 17.7 Å². The second-order valence-electron chi connectivity index (χ2n) is 5.05. The van der Waals surface area contributed by atoms with Crippen molar-refractivity contribution in [3.63, 3.8) is 0 Å². The molecule has 1 N–H and O–H groups in total. The maximum absolute atomic E-state index is 11.4. The van der Waals surface area contributed by atoms with Crippen molar-refractivity contribution in [2.45, 2.75) is 38.5 Å². The Morgan fingerprint density at radius 3 is 2.30 bits per heavy atom. The van der Waals surface area contributed by atoms with E-state index in [9.17, 15) is 13.0 Å². The van der Waals surface area contributed by atoms with Gasteiger partial charge in [0.15, 0.2) is 0 Å². The van der Waals surface area contributed by atoms with Gasteiger partial charge in [-0.1, -0.05) is 50.3 Å². The molecule has 0 aliphatic carbocycles. The van der Waals surface area contributed by atoms with Crippen molar-refractivity contribution in [1.29, 1.82) is 0 Å². The zero-order chi connectivity index (χ0) is 15.2. The smallest absolute Gasteiger partial charge is 0.303 e. The van der Waals surface area contributed by atoms with E-state index in [1.165, 1.54) is 6.26 Å². The van der Waals surface area contributed by atoms with Crippen molar-refractivity contribution in [3.05, 3.63) is 48.2 Å². The lowest BCUT2D eigenvalue weighted by molar-refractivity contribution is 0.174. The van der Waals surface area contributed by atoms with Gasteiger partial charge in [-0.05, 0) is 24.3 Å². The molecule has 2 atom stereocenters. The molecular weight excluding hydrogens is 276 g/mol. The van der Waals surface area contributed by atoms with Crippen LogP contribution in [0.2, 0.25) is 0 Å². The molecule has 0 aliphatic rings. The third kappa shape index (κ3) is 4.98. The molecule has 0 bridgehead atoms. The van der Waals surface area contributed by atoms with Crippen molar-refractivity contribution >= 4 is 10.1 Å². The Morgan fingerprint density at radius 1 is 1.25 bits per heavy atom. The van der Waals surface area contributed by atoms with Crippen LogP contribution < -0.4 is 0 Å². The average Bonchev–Trinajstić information content (AvgIpc) is 2.38. The van der Waals surface area contributed by atoms with Crippen LogP contribution in [0.4, 0.5) is 0 Å². The van der Waals surface area contributed by atoms with Gasteiger partial charge in [0.25, 0.3) is 0 Å². The van der Waals surface area contributed by atoms with Crippen molar-refractivity contribution in [1.82, 2.24) is 0 Å². The maximum Gasteiger partial charge on any atom is 0.303 e. The average molecular weight is 298 g/mol. The maximum atomic E-state index is 11.4. The molecule has 0 spiro atoms. The molecule has 0 fully saturated rings. The second-order valence-corrected chi connectivity index (χ2v) is 6.60. The van der Waals surface area contributed by atoms with Crippen molar-refractivity contribution in [3.8, 4) is 0 Å². The van der Waals surface area contributed by atoms with Gasteiger partial charge in [0.2, 0.25) is 5.44 Å². The van der Waals surface area contributed by atoms with E-state index in [4.69, 9.17) is 4.74 Å². The van der Waals surface area contributed by atoms with E-state index in [0.717, 1.165) is 5.56 Å². The fourth-order valence-corrected chi connectivity index (χ4v) is 2.77. The largest absolute Gasteiger partial charge is 0.480 e. The molecule has 112 valence electrons. The lowest BCUT2D eigenvalue weighted by Gasteiger charge is -2.25. The highest BCUT2D eigenvalue weighted by atomic mass is 32.2. The van der Waals surface area contributed by atoms with Gasteiger partial charge >= 0.3 is 10.1 Å². The normalized spacial score (nSPS) is 15.4. The molecule has 5 heteroatoms. The molecule has 1 aromatic carbocycles. The molecule has 4 nitrogen and oxygen atoms in total. The van der Waals surface area contributed by atoms with Crippen LogP contribution in [-0.4, -0.2) is 18.4 Å². The molecule has 20 heavy (non-hydrogen) atoms. The first-order chi connectivity index (χ1) is 9.36. The van der Waals surface area contributed by atoms with Crippen LogP contribution in [0.25, 0.3) is 0 Å². The Kier molecular flexibility index (Phi) is 6.23. The fraction of sp³-hybridized carbons (Fsp3) is 0.467. The van der Waals surface area contributed by atoms with E-state index in [2.05, 4.69) is 0 Å². The van der Waals surface area contributed by atoms with Crippen LogP contribution in [0.1, 0.15) is 38.7 Å². The van der Waals surface area contributed by atoms with E-state index >= 15 is 0 Å². The summed E-state index contributed by atoms with van der Waals surface area (Å²) in [6, 6.07) is 9.67. The van der Waals surface area contributed by atoms with Crippen LogP contribution >= 0.6 is 0 Å². The minimum absolute atomic E-state index is 0.00613. The number of benzene rings is 1. The number of ether oxygens (including phenoxy) is 1. The van der Waals surface area contributed by atoms with E-state index in [1.54, 1.807) is 13.0 Å². The standard InChI is InChI=1S/C15H22O4S/c1-4-10-19-15(20(16,17)18)11-14(12(2)3)13-8-6-5-7-9-13/h4-10,12,14-15H,11H2,1-3H3,(H,16,17,18). The van der Waals surface area contributed by atoms with Crippen LogP contribution in [0.15, 0.2) is 42.7 Å². The Morgan fingerprint density at radius 2 is 1.85 bits per heavy atom. The summed E-state index contributed by atoms with van der Waals surface area (Å²) < 4.78 is 37.3. The quantitative estimate of drug-likeness (QED) is 0.617. The van der Waals surface area contributed by atoms with Crippen molar-refractivity contribution in [2.24, 2.45) is 5.92 Å². The predicted molar refractivity (Wildman–Crippen MR) is 79.9 cm³/mol. The van der Waals surface area contributed by atoms with Gasteiger partial charge in [-0.15, -0.1) is 0 Å². The summed E-state index contributed by atoms with van der Waals surface area (Å²) in [6.07, 6.45) is 3.09. The van der Waals surface area contributed by atoms with Crippen molar-refractivity contribution in [2.75, 3.05) is 0 Å². The topological polar surface area (TPSA) is 63.6 Å². The minimum Gasteiger partial charge on any atom is -0.480 e. The highest BCUT2D eigenvalue weighted by Crippen LogP contribution is 2.31. The SMILES string of the molecule is CC=COC(CC(c1ccccc1)C(C)C)S(=O)(=O)O. The van der Waals surface area contributed by atoms with Gasteiger partial charge in [0, 0.05) is 6.42 Å². The van der Waals surface area contributed by atoms with E-state index in [1.807, 2.05) is 44.2 Å². The Balaban J connectivity index is 2.98. The molecule has 0 amide bonds. The Hall–Kier alpha value is -1.33. The lowest BCUT2D eigenvalue weighted by Crippen LogP contribution is -2.26. The number of rotatable bonds is 7. The number of hydrogen-bond acceptors (Lipinski definition) is 3. The molecule has 1 aromatic rings. The highest BCUT2D eigenvalue weighted by Gasteiger charge is 2.29. The summed E-state index contributed by atoms with van der Waals surface area (Å²) in [5, 5.41) is 0. The van der Waals surface area contributed by atoms with Crippen LogP contribution in [0, 0.1) is 5.92 Å². The summed E-state index contributed by atoms with van der Waals surface area (Å²) in [6.45, 7) is 5.76. The molecule has 0 saturated carbocycles. The molecule has 0 aromatic heterocycles. The summed E-state index contributed by atoms with van der Waals surface area (Å²) in [5.74, 6) is 0.226. The van der Waals surface area contributed by atoms with Gasteiger partial charge in [-0.25, -0.2) is 0 Å². The number of hydrogen-bond donors (Lipinski definition) is 1. The Labute approximate surface area is 121 Å². The van der Waals surface area contributed by atoms with Gasteiger partial charge in [-0.3, -0.25) is 4.55 Å². The highest BCUT2D eigenvalue weighted by molar-refractivity contribution is 7.86. The summed E-state index contributed by atoms with van der Waals surface area (Å²) in [5.41, 5.74) is -0.202. The lowest BCUT2D eigenvalue weighted by atomic mass is 9.86. The predicted octanol–water partition coefficient (Wildman–Crippen LogP) is 3.58. The zero-order valence-electron chi connectivity index (χ0n) is 12.1. The van der Waals surface area contributed by atoms with Crippen LogP contribution in [0.3, 0.4) is 0 Å². The van der Waals surface area contributed by atoms with Gasteiger partial charge < -0.3 is 4.74 Å². The molecular formula is C15H22O4S. The second kappa shape index (κ2) is 7.45. The minimum atomic E-state index is -4.25. The third-order valence-electron chi connectivity index (χ3n) is 3.18. The van der Waals surface area contributed by atoms with Gasteiger partial charge in [0.05, 0.1) is 6.26 Å². The Bertz CT molecular complexity index is 520. The first kappa shape index (κ1) is 16.7.